The van der Waals surface area contributed by atoms with Crippen molar-refractivity contribution >= 4 is 11.6 Å². The highest BCUT2D eigenvalue weighted by Gasteiger charge is 2.04. The Hall–Kier alpha value is -2.36. The lowest BCUT2D eigenvalue weighted by molar-refractivity contribution is -0.116. The second-order valence-corrected chi connectivity index (χ2v) is 4.08. The first-order chi connectivity index (χ1) is 8.65. The molecule has 92 valence electrons. The predicted octanol–water partition coefficient (Wildman–Crippen LogP) is 1.80. The van der Waals surface area contributed by atoms with E-state index in [1.54, 1.807) is 18.3 Å². The smallest absolute Gasteiger partial charge is 0.250 e. The maximum atomic E-state index is 11.7. The van der Waals surface area contributed by atoms with Crippen LogP contribution >= 0.6 is 0 Å². The van der Waals surface area contributed by atoms with E-state index in [0.717, 1.165) is 11.3 Å². The molecule has 1 aromatic carbocycles. The van der Waals surface area contributed by atoms with Gasteiger partial charge in [0.1, 0.15) is 6.54 Å². The van der Waals surface area contributed by atoms with Gasteiger partial charge < -0.3 is 9.88 Å². The van der Waals surface area contributed by atoms with Crippen molar-refractivity contribution in [1.29, 1.82) is 0 Å². The molecule has 0 aliphatic carbocycles. The maximum Gasteiger partial charge on any atom is 0.250 e. The molecule has 1 N–H and O–H groups in total. The number of carbonyl (C=O) groups excluding carboxylic acids is 1. The molecule has 1 aromatic heterocycles. The van der Waals surface area contributed by atoms with Crippen molar-refractivity contribution in [2.75, 3.05) is 5.32 Å². The van der Waals surface area contributed by atoms with Crippen LogP contribution < -0.4 is 10.9 Å². The summed E-state index contributed by atoms with van der Waals surface area (Å²) in [6.45, 7) is 2.00. The molecular formula is C14H14N2O2. The van der Waals surface area contributed by atoms with Gasteiger partial charge in [-0.2, -0.15) is 0 Å². The van der Waals surface area contributed by atoms with Crippen LogP contribution in [0.15, 0.2) is 53.5 Å². The summed E-state index contributed by atoms with van der Waals surface area (Å²) in [4.78, 5) is 23.2. The number of anilines is 1. The van der Waals surface area contributed by atoms with Crippen LogP contribution in [0.5, 0.6) is 0 Å². The summed E-state index contributed by atoms with van der Waals surface area (Å²) in [5, 5.41) is 2.75. The van der Waals surface area contributed by atoms with Crippen molar-refractivity contribution in [3.05, 3.63) is 64.6 Å². The lowest BCUT2D eigenvalue weighted by Gasteiger charge is -2.07. The summed E-state index contributed by atoms with van der Waals surface area (Å²) >= 11 is 0. The zero-order valence-corrected chi connectivity index (χ0v) is 10.1. The minimum Gasteiger partial charge on any atom is -0.325 e. The molecule has 0 fully saturated rings. The fraction of sp³-hybridized carbons (Fsp3) is 0.143. The molecule has 2 rings (SSSR count). The minimum absolute atomic E-state index is 0.0214. The largest absolute Gasteiger partial charge is 0.325 e. The summed E-state index contributed by atoms with van der Waals surface area (Å²) in [7, 11) is 0. The number of nitrogens with zero attached hydrogens (tertiary/aromatic N) is 1. The molecule has 0 spiro atoms. The average molecular weight is 242 g/mol. The number of pyridine rings is 1. The van der Waals surface area contributed by atoms with Crippen LogP contribution in [0.3, 0.4) is 0 Å². The summed E-state index contributed by atoms with van der Waals surface area (Å²) in [6, 6.07) is 12.3. The third kappa shape index (κ3) is 3.07. The number of carbonyl (C=O) groups is 1. The van der Waals surface area contributed by atoms with Gasteiger partial charge in [-0.1, -0.05) is 23.8 Å². The molecule has 4 nitrogen and oxygen atoms in total. The van der Waals surface area contributed by atoms with Gasteiger partial charge in [0.05, 0.1) is 0 Å². The van der Waals surface area contributed by atoms with Gasteiger partial charge >= 0.3 is 0 Å². The lowest BCUT2D eigenvalue weighted by atomic mass is 10.2. The van der Waals surface area contributed by atoms with Gasteiger partial charge in [-0.3, -0.25) is 9.59 Å². The predicted molar refractivity (Wildman–Crippen MR) is 70.5 cm³/mol. The van der Waals surface area contributed by atoms with Gasteiger partial charge in [0.25, 0.3) is 5.56 Å². The van der Waals surface area contributed by atoms with E-state index in [9.17, 15) is 9.59 Å². The molecule has 0 aliphatic heterocycles. The summed E-state index contributed by atoms with van der Waals surface area (Å²) in [5.74, 6) is -0.216. The van der Waals surface area contributed by atoms with E-state index in [1.807, 2.05) is 31.2 Å². The van der Waals surface area contributed by atoms with Gasteiger partial charge in [0.15, 0.2) is 0 Å². The van der Waals surface area contributed by atoms with E-state index in [4.69, 9.17) is 0 Å². The Balaban J connectivity index is 2.03. The van der Waals surface area contributed by atoms with Crippen molar-refractivity contribution in [1.82, 2.24) is 4.57 Å². The molecule has 0 atom stereocenters. The second-order valence-electron chi connectivity index (χ2n) is 4.08. The molecule has 0 unspecified atom stereocenters. The Morgan fingerprint density at radius 3 is 2.56 bits per heavy atom. The van der Waals surface area contributed by atoms with Crippen LogP contribution in [0.1, 0.15) is 5.56 Å². The zero-order valence-electron chi connectivity index (χ0n) is 10.1. The number of nitrogens with one attached hydrogen (secondary N) is 1. The number of hydrogen-bond donors (Lipinski definition) is 1. The maximum absolute atomic E-state index is 11.7. The first-order valence-corrected chi connectivity index (χ1v) is 5.67. The van der Waals surface area contributed by atoms with E-state index in [-0.39, 0.29) is 18.0 Å². The van der Waals surface area contributed by atoms with Gasteiger partial charge in [-0.15, -0.1) is 0 Å². The number of hydrogen-bond acceptors (Lipinski definition) is 2. The van der Waals surface area contributed by atoms with Crippen molar-refractivity contribution < 1.29 is 4.79 Å². The monoisotopic (exact) mass is 242 g/mol. The van der Waals surface area contributed by atoms with Gasteiger partial charge in [-0.25, -0.2) is 0 Å². The normalized spacial score (nSPS) is 10.1. The molecule has 2 aromatic rings. The quantitative estimate of drug-likeness (QED) is 0.892. The van der Waals surface area contributed by atoms with Crippen molar-refractivity contribution in [2.45, 2.75) is 13.5 Å². The molecule has 0 radical (unpaired) electrons. The molecule has 18 heavy (non-hydrogen) atoms. The van der Waals surface area contributed by atoms with Crippen molar-refractivity contribution in [3.8, 4) is 0 Å². The van der Waals surface area contributed by atoms with Crippen LogP contribution in [0.4, 0.5) is 5.69 Å². The third-order valence-electron chi connectivity index (χ3n) is 2.55. The zero-order chi connectivity index (χ0) is 13.0. The average Bonchev–Trinajstić information content (AvgIpc) is 2.35. The number of rotatable bonds is 3. The molecule has 0 saturated heterocycles. The van der Waals surface area contributed by atoms with Crippen LogP contribution in [-0.2, 0) is 11.3 Å². The second kappa shape index (κ2) is 5.31. The summed E-state index contributed by atoms with van der Waals surface area (Å²) < 4.78 is 1.36. The Bertz CT molecular complexity index is 600. The Morgan fingerprint density at radius 1 is 1.17 bits per heavy atom. The summed E-state index contributed by atoms with van der Waals surface area (Å²) in [6.07, 6.45) is 1.59. The Kier molecular flexibility index (Phi) is 3.57. The van der Waals surface area contributed by atoms with Crippen LogP contribution in [-0.4, -0.2) is 10.5 Å². The summed E-state index contributed by atoms with van der Waals surface area (Å²) in [5.41, 5.74) is 1.68. The minimum atomic E-state index is -0.216. The van der Waals surface area contributed by atoms with Crippen LogP contribution in [0.2, 0.25) is 0 Å². The van der Waals surface area contributed by atoms with E-state index < -0.39 is 0 Å². The molecule has 0 saturated carbocycles. The SMILES string of the molecule is Cc1ccc(NC(=O)Cn2ccccc2=O)cc1. The lowest BCUT2D eigenvalue weighted by Crippen LogP contribution is -2.26. The van der Waals surface area contributed by atoms with E-state index in [2.05, 4.69) is 5.32 Å². The molecule has 1 amide bonds. The highest BCUT2D eigenvalue weighted by Crippen LogP contribution is 2.08. The molecule has 0 bridgehead atoms. The van der Waals surface area contributed by atoms with Gasteiger partial charge in [0.2, 0.25) is 5.91 Å². The number of benzene rings is 1. The topological polar surface area (TPSA) is 51.1 Å². The number of aryl methyl sites for hydroxylation is 1. The van der Waals surface area contributed by atoms with E-state index >= 15 is 0 Å². The first-order valence-electron chi connectivity index (χ1n) is 5.67. The fourth-order valence-corrected chi connectivity index (χ4v) is 1.58. The highest BCUT2D eigenvalue weighted by molar-refractivity contribution is 5.90. The highest BCUT2D eigenvalue weighted by atomic mass is 16.2. The van der Waals surface area contributed by atoms with Crippen molar-refractivity contribution in [2.24, 2.45) is 0 Å². The van der Waals surface area contributed by atoms with Crippen LogP contribution in [0.25, 0.3) is 0 Å². The first kappa shape index (κ1) is 12.1. The van der Waals surface area contributed by atoms with E-state index in [0.29, 0.717) is 0 Å². The Morgan fingerprint density at radius 2 is 1.89 bits per heavy atom. The van der Waals surface area contributed by atoms with E-state index in [1.165, 1.54) is 10.6 Å². The third-order valence-corrected chi connectivity index (χ3v) is 2.55. The molecule has 1 heterocycles. The standard InChI is InChI=1S/C14H14N2O2/c1-11-5-7-12(8-6-11)15-13(17)10-16-9-3-2-4-14(16)18/h2-9H,10H2,1H3,(H,15,17). The number of amides is 1. The van der Waals surface area contributed by atoms with Crippen molar-refractivity contribution in [3.63, 3.8) is 0 Å². The number of aromatic nitrogens is 1. The van der Waals surface area contributed by atoms with Gasteiger partial charge in [0, 0.05) is 18.0 Å². The molecular weight excluding hydrogens is 228 g/mol. The Labute approximate surface area is 105 Å². The van der Waals surface area contributed by atoms with Crippen LogP contribution in [0, 0.1) is 6.92 Å². The molecule has 0 aliphatic rings. The molecule has 4 heteroatoms. The van der Waals surface area contributed by atoms with Gasteiger partial charge in [-0.05, 0) is 25.1 Å². The fourth-order valence-electron chi connectivity index (χ4n) is 1.58.